The molecule has 1 heterocycles. The second-order valence-corrected chi connectivity index (χ2v) is 6.21. The van der Waals surface area contributed by atoms with E-state index in [4.69, 9.17) is 19.9 Å². The van der Waals surface area contributed by atoms with Crippen molar-refractivity contribution in [2.45, 2.75) is 5.92 Å². The van der Waals surface area contributed by atoms with E-state index in [-0.39, 0.29) is 5.88 Å². The number of methoxy groups -OCH3 is 2. The van der Waals surface area contributed by atoms with Crippen molar-refractivity contribution >= 4 is 10.8 Å². The van der Waals surface area contributed by atoms with Crippen molar-refractivity contribution in [2.75, 3.05) is 14.2 Å². The Morgan fingerprint density at radius 3 is 2.56 bits per heavy atom. The van der Waals surface area contributed by atoms with Crippen LogP contribution in [0.4, 0.5) is 0 Å². The zero-order valence-electron chi connectivity index (χ0n) is 15.0. The molecule has 0 bridgehead atoms. The van der Waals surface area contributed by atoms with E-state index in [0.29, 0.717) is 22.8 Å². The third-order valence-electron chi connectivity index (χ3n) is 4.86. The van der Waals surface area contributed by atoms with Gasteiger partial charge in [0.1, 0.15) is 17.4 Å². The van der Waals surface area contributed by atoms with Gasteiger partial charge < -0.3 is 19.9 Å². The van der Waals surface area contributed by atoms with Crippen LogP contribution in [-0.4, -0.2) is 14.2 Å². The molecule has 0 fully saturated rings. The van der Waals surface area contributed by atoms with Crippen molar-refractivity contribution in [1.82, 2.24) is 0 Å². The number of hydrogen-bond donors (Lipinski definition) is 1. The zero-order chi connectivity index (χ0) is 19.0. The molecule has 1 aliphatic rings. The van der Waals surface area contributed by atoms with E-state index in [2.05, 4.69) is 6.07 Å². The van der Waals surface area contributed by atoms with E-state index in [9.17, 15) is 5.26 Å². The summed E-state index contributed by atoms with van der Waals surface area (Å²) in [5.41, 5.74) is 8.15. The number of nitrogens with two attached hydrogens (primary N) is 1. The van der Waals surface area contributed by atoms with Crippen LogP contribution in [0.1, 0.15) is 17.0 Å². The van der Waals surface area contributed by atoms with Gasteiger partial charge in [-0.2, -0.15) is 5.26 Å². The second-order valence-electron chi connectivity index (χ2n) is 6.21. The summed E-state index contributed by atoms with van der Waals surface area (Å²) in [6.07, 6.45) is 0. The molecular formula is C22H18N2O3. The number of fused-ring (bicyclic) bond motifs is 3. The third kappa shape index (κ3) is 2.54. The van der Waals surface area contributed by atoms with Gasteiger partial charge in [0.2, 0.25) is 5.88 Å². The van der Waals surface area contributed by atoms with Crippen LogP contribution < -0.4 is 19.9 Å². The molecule has 3 aromatic carbocycles. The smallest absolute Gasteiger partial charge is 0.205 e. The van der Waals surface area contributed by atoms with E-state index in [1.165, 1.54) is 0 Å². The van der Waals surface area contributed by atoms with Gasteiger partial charge in [-0.05, 0) is 22.9 Å². The molecule has 5 heteroatoms. The molecule has 0 saturated heterocycles. The average molecular weight is 358 g/mol. The Bertz CT molecular complexity index is 1110. The van der Waals surface area contributed by atoms with Crippen molar-refractivity contribution in [2.24, 2.45) is 5.73 Å². The molecule has 0 aromatic heterocycles. The maximum absolute atomic E-state index is 9.84. The number of nitrogens with zero attached hydrogens (tertiary/aromatic N) is 1. The molecule has 1 atom stereocenters. The summed E-state index contributed by atoms with van der Waals surface area (Å²) >= 11 is 0. The number of para-hydroxylation sites is 1. The molecule has 0 amide bonds. The van der Waals surface area contributed by atoms with Gasteiger partial charge in [-0.3, -0.25) is 0 Å². The lowest BCUT2D eigenvalue weighted by molar-refractivity contribution is 0.349. The molecular weight excluding hydrogens is 340 g/mol. The molecule has 27 heavy (non-hydrogen) atoms. The molecule has 0 unspecified atom stereocenters. The molecule has 3 aromatic rings. The summed E-state index contributed by atoms with van der Waals surface area (Å²) in [5.74, 6) is 1.50. The normalized spacial score (nSPS) is 15.7. The fourth-order valence-corrected chi connectivity index (χ4v) is 3.69. The molecule has 5 nitrogen and oxygen atoms in total. The van der Waals surface area contributed by atoms with Crippen LogP contribution >= 0.6 is 0 Å². The molecule has 0 radical (unpaired) electrons. The van der Waals surface area contributed by atoms with Crippen molar-refractivity contribution in [3.63, 3.8) is 0 Å². The van der Waals surface area contributed by atoms with Crippen molar-refractivity contribution < 1.29 is 14.2 Å². The topological polar surface area (TPSA) is 77.5 Å². The fraction of sp³-hybridized carbons (Fsp3) is 0.136. The standard InChI is InChI=1S/C22H18N2O3/c1-25-18-9-5-8-15(21(18)26-2)19-16(12-23)22(24)27-17-11-10-13-6-3-4-7-14(13)20(17)19/h3-11,19H,24H2,1-2H3/t19-/m1/s1. The number of benzene rings is 3. The maximum atomic E-state index is 9.84. The fourth-order valence-electron chi connectivity index (χ4n) is 3.69. The highest BCUT2D eigenvalue weighted by Crippen LogP contribution is 2.49. The van der Waals surface area contributed by atoms with Gasteiger partial charge in [-0.15, -0.1) is 0 Å². The SMILES string of the molecule is COc1cccc([C@@H]2C(C#N)=C(N)Oc3ccc4ccccc4c32)c1OC. The largest absolute Gasteiger partial charge is 0.493 e. The Morgan fingerprint density at radius 2 is 1.81 bits per heavy atom. The first-order valence-corrected chi connectivity index (χ1v) is 8.49. The van der Waals surface area contributed by atoms with Gasteiger partial charge in [0.15, 0.2) is 11.5 Å². The lowest BCUT2D eigenvalue weighted by atomic mass is 9.80. The summed E-state index contributed by atoms with van der Waals surface area (Å²) in [6, 6.07) is 19.7. The minimum atomic E-state index is -0.421. The van der Waals surface area contributed by atoms with Crippen molar-refractivity contribution in [3.8, 4) is 23.3 Å². The number of rotatable bonds is 3. The lowest BCUT2D eigenvalue weighted by Gasteiger charge is -2.29. The Balaban J connectivity index is 2.09. The van der Waals surface area contributed by atoms with Crippen molar-refractivity contribution in [1.29, 1.82) is 5.26 Å². The first-order chi connectivity index (χ1) is 13.2. The molecule has 1 aliphatic heterocycles. The van der Waals surface area contributed by atoms with E-state index < -0.39 is 5.92 Å². The summed E-state index contributed by atoms with van der Waals surface area (Å²) in [4.78, 5) is 0. The maximum Gasteiger partial charge on any atom is 0.205 e. The molecule has 134 valence electrons. The highest BCUT2D eigenvalue weighted by atomic mass is 16.5. The summed E-state index contributed by atoms with van der Waals surface area (Å²) in [7, 11) is 3.17. The first kappa shape index (κ1) is 16.8. The van der Waals surface area contributed by atoms with Crippen LogP contribution in [0, 0.1) is 11.3 Å². The van der Waals surface area contributed by atoms with E-state index in [1.807, 2.05) is 54.6 Å². The lowest BCUT2D eigenvalue weighted by Crippen LogP contribution is -2.21. The zero-order valence-corrected chi connectivity index (χ0v) is 15.0. The molecule has 0 saturated carbocycles. The van der Waals surface area contributed by atoms with E-state index in [1.54, 1.807) is 14.2 Å². The quantitative estimate of drug-likeness (QED) is 0.763. The Hall–Kier alpha value is -3.65. The third-order valence-corrected chi connectivity index (χ3v) is 4.86. The van der Waals surface area contributed by atoms with Crippen molar-refractivity contribution in [3.05, 3.63) is 77.2 Å². The van der Waals surface area contributed by atoms with Gasteiger partial charge in [-0.1, -0.05) is 42.5 Å². The molecule has 2 N–H and O–H groups in total. The molecule has 0 aliphatic carbocycles. The summed E-state index contributed by atoms with van der Waals surface area (Å²) < 4.78 is 16.9. The number of nitriles is 1. The summed E-state index contributed by atoms with van der Waals surface area (Å²) in [5, 5.41) is 11.9. The average Bonchev–Trinajstić information content (AvgIpc) is 2.71. The number of allylic oxidation sites excluding steroid dienone is 1. The van der Waals surface area contributed by atoms with Gasteiger partial charge in [0.05, 0.1) is 20.1 Å². The predicted molar refractivity (Wildman–Crippen MR) is 103 cm³/mol. The molecule has 4 rings (SSSR count). The molecule has 0 spiro atoms. The van der Waals surface area contributed by atoms with Gasteiger partial charge in [0, 0.05) is 11.1 Å². The predicted octanol–water partition coefficient (Wildman–Crippen LogP) is 4.08. The Kier molecular flexibility index (Phi) is 4.09. The van der Waals surface area contributed by atoms with E-state index in [0.717, 1.165) is 21.9 Å². The van der Waals surface area contributed by atoms with Crippen LogP contribution in [0.5, 0.6) is 17.2 Å². The van der Waals surface area contributed by atoms with E-state index >= 15 is 0 Å². The van der Waals surface area contributed by atoms with Gasteiger partial charge in [0.25, 0.3) is 0 Å². The van der Waals surface area contributed by atoms with Crippen LogP contribution in [0.2, 0.25) is 0 Å². The second kappa shape index (κ2) is 6.58. The highest BCUT2D eigenvalue weighted by molar-refractivity contribution is 5.90. The number of ether oxygens (including phenoxy) is 3. The Morgan fingerprint density at radius 1 is 1.00 bits per heavy atom. The van der Waals surface area contributed by atoms with Gasteiger partial charge in [-0.25, -0.2) is 0 Å². The van der Waals surface area contributed by atoms with Crippen LogP contribution in [0.3, 0.4) is 0 Å². The van der Waals surface area contributed by atoms with Crippen LogP contribution in [0.15, 0.2) is 66.1 Å². The summed E-state index contributed by atoms with van der Waals surface area (Å²) in [6.45, 7) is 0. The van der Waals surface area contributed by atoms with Gasteiger partial charge >= 0.3 is 0 Å². The van der Waals surface area contributed by atoms with Crippen LogP contribution in [0.25, 0.3) is 10.8 Å². The minimum Gasteiger partial charge on any atom is -0.493 e. The van der Waals surface area contributed by atoms with Crippen LogP contribution in [-0.2, 0) is 0 Å². The Labute approximate surface area is 157 Å². The monoisotopic (exact) mass is 358 g/mol. The number of hydrogen-bond acceptors (Lipinski definition) is 5. The minimum absolute atomic E-state index is 0.107. The first-order valence-electron chi connectivity index (χ1n) is 8.49. The highest BCUT2D eigenvalue weighted by Gasteiger charge is 2.34.